The summed E-state index contributed by atoms with van der Waals surface area (Å²) in [5.74, 6) is 0. The third-order valence-corrected chi connectivity index (χ3v) is 2.25. The molecule has 0 aromatic rings. The fourth-order valence-electron chi connectivity index (χ4n) is 1.24. The van der Waals surface area contributed by atoms with E-state index in [4.69, 9.17) is 10.5 Å². The van der Waals surface area contributed by atoms with Crippen molar-refractivity contribution in [3.63, 3.8) is 0 Å². The quantitative estimate of drug-likeness (QED) is 0.643. The van der Waals surface area contributed by atoms with Gasteiger partial charge in [-0.15, -0.1) is 0 Å². The number of rotatable bonds is 7. The van der Waals surface area contributed by atoms with Crippen LogP contribution < -0.4 is 5.73 Å². The summed E-state index contributed by atoms with van der Waals surface area (Å²) in [6.45, 7) is 10.6. The van der Waals surface area contributed by atoms with Gasteiger partial charge in [-0.3, -0.25) is 0 Å². The van der Waals surface area contributed by atoms with E-state index in [-0.39, 0.29) is 0 Å². The zero-order valence-electron chi connectivity index (χ0n) is 10.3. The predicted molar refractivity (Wildman–Crippen MR) is 62.4 cm³/mol. The molecule has 14 heavy (non-hydrogen) atoms. The molecular formula is C12H27NO. The van der Waals surface area contributed by atoms with Crippen molar-refractivity contribution >= 4 is 0 Å². The van der Waals surface area contributed by atoms with Gasteiger partial charge in [-0.05, 0) is 31.1 Å². The molecular weight excluding hydrogens is 174 g/mol. The van der Waals surface area contributed by atoms with E-state index in [0.717, 1.165) is 32.5 Å². The van der Waals surface area contributed by atoms with Crippen LogP contribution in [-0.4, -0.2) is 19.3 Å². The normalized spacial score (nSPS) is 14.4. The van der Waals surface area contributed by atoms with Gasteiger partial charge in [-0.1, -0.05) is 27.7 Å². The molecule has 2 heteroatoms. The Kier molecular flexibility index (Phi) is 7.20. The Bertz CT molecular complexity index is 129. The van der Waals surface area contributed by atoms with Crippen LogP contribution in [0.1, 0.15) is 53.4 Å². The van der Waals surface area contributed by atoms with E-state index >= 15 is 0 Å². The summed E-state index contributed by atoms with van der Waals surface area (Å²) in [7, 11) is 0. The molecule has 0 aromatic carbocycles. The second kappa shape index (κ2) is 7.24. The molecule has 1 unspecified atom stereocenters. The van der Waals surface area contributed by atoms with Crippen LogP contribution in [0.2, 0.25) is 0 Å². The molecule has 0 heterocycles. The van der Waals surface area contributed by atoms with Crippen molar-refractivity contribution in [2.45, 2.75) is 59.4 Å². The van der Waals surface area contributed by atoms with E-state index in [0.29, 0.717) is 11.5 Å². The van der Waals surface area contributed by atoms with Crippen molar-refractivity contribution in [1.82, 2.24) is 0 Å². The first kappa shape index (κ1) is 13.9. The second-order valence-corrected chi connectivity index (χ2v) is 5.26. The summed E-state index contributed by atoms with van der Waals surface area (Å²) in [4.78, 5) is 0. The summed E-state index contributed by atoms with van der Waals surface area (Å²) in [6.07, 6.45) is 4.40. The van der Waals surface area contributed by atoms with E-state index < -0.39 is 0 Å². The highest BCUT2D eigenvalue weighted by Crippen LogP contribution is 2.21. The van der Waals surface area contributed by atoms with Gasteiger partial charge in [0.2, 0.25) is 0 Å². The molecule has 1 atom stereocenters. The lowest BCUT2D eigenvalue weighted by atomic mass is 9.88. The Morgan fingerprint density at radius 1 is 1.14 bits per heavy atom. The molecule has 0 aromatic heterocycles. The first-order chi connectivity index (χ1) is 6.45. The summed E-state index contributed by atoms with van der Waals surface area (Å²) in [5.41, 5.74) is 6.39. The van der Waals surface area contributed by atoms with Crippen LogP contribution in [-0.2, 0) is 4.74 Å². The molecule has 0 saturated heterocycles. The van der Waals surface area contributed by atoms with E-state index in [1.807, 2.05) is 0 Å². The van der Waals surface area contributed by atoms with E-state index in [1.54, 1.807) is 0 Å². The molecule has 0 rings (SSSR count). The number of nitrogens with two attached hydrogens (primary N) is 1. The first-order valence-corrected chi connectivity index (χ1v) is 5.79. The average molecular weight is 201 g/mol. The summed E-state index contributed by atoms with van der Waals surface area (Å²) < 4.78 is 5.41. The van der Waals surface area contributed by atoms with Gasteiger partial charge in [0.25, 0.3) is 0 Å². The highest BCUT2D eigenvalue weighted by molar-refractivity contribution is 4.68. The van der Waals surface area contributed by atoms with Gasteiger partial charge >= 0.3 is 0 Å². The summed E-state index contributed by atoms with van der Waals surface area (Å²) in [6, 6.07) is 0.311. The molecule has 0 aliphatic heterocycles. The maximum absolute atomic E-state index is 5.98. The Morgan fingerprint density at radius 3 is 2.29 bits per heavy atom. The van der Waals surface area contributed by atoms with Crippen molar-refractivity contribution in [2.24, 2.45) is 11.1 Å². The van der Waals surface area contributed by atoms with Crippen LogP contribution in [0.5, 0.6) is 0 Å². The van der Waals surface area contributed by atoms with Crippen LogP contribution in [0, 0.1) is 5.41 Å². The van der Waals surface area contributed by atoms with Gasteiger partial charge < -0.3 is 10.5 Å². The monoisotopic (exact) mass is 201 g/mol. The molecule has 2 nitrogen and oxygen atoms in total. The molecule has 0 aliphatic carbocycles. The van der Waals surface area contributed by atoms with Crippen molar-refractivity contribution in [3.05, 3.63) is 0 Å². The minimum Gasteiger partial charge on any atom is -0.381 e. The van der Waals surface area contributed by atoms with Gasteiger partial charge in [0, 0.05) is 19.3 Å². The number of ether oxygens (including phenoxy) is 1. The highest BCUT2D eigenvalue weighted by atomic mass is 16.5. The van der Waals surface area contributed by atoms with Crippen LogP contribution >= 0.6 is 0 Å². The molecule has 0 aliphatic rings. The van der Waals surface area contributed by atoms with Crippen molar-refractivity contribution in [1.29, 1.82) is 0 Å². The maximum Gasteiger partial charge on any atom is 0.0480 e. The Balaban J connectivity index is 3.32. The minimum atomic E-state index is 0.311. The lowest BCUT2D eigenvalue weighted by molar-refractivity contribution is 0.126. The molecule has 2 N–H and O–H groups in total. The van der Waals surface area contributed by atoms with Crippen LogP contribution in [0.15, 0.2) is 0 Å². The molecule has 0 fully saturated rings. The summed E-state index contributed by atoms with van der Waals surface area (Å²) >= 11 is 0. The number of hydrogen-bond acceptors (Lipinski definition) is 2. The maximum atomic E-state index is 5.98. The second-order valence-electron chi connectivity index (χ2n) is 5.26. The molecule has 86 valence electrons. The van der Waals surface area contributed by atoms with Crippen molar-refractivity contribution in [2.75, 3.05) is 13.2 Å². The van der Waals surface area contributed by atoms with Gasteiger partial charge in [-0.2, -0.15) is 0 Å². The average Bonchev–Trinajstić information content (AvgIpc) is 2.08. The van der Waals surface area contributed by atoms with Gasteiger partial charge in [0.05, 0.1) is 0 Å². The Morgan fingerprint density at radius 2 is 1.79 bits per heavy atom. The van der Waals surface area contributed by atoms with Gasteiger partial charge in [0.15, 0.2) is 0 Å². The van der Waals surface area contributed by atoms with Crippen LogP contribution in [0.4, 0.5) is 0 Å². The number of hydrogen-bond donors (Lipinski definition) is 1. The fraction of sp³-hybridized carbons (Fsp3) is 1.00. The minimum absolute atomic E-state index is 0.311. The third-order valence-electron chi connectivity index (χ3n) is 2.25. The zero-order chi connectivity index (χ0) is 11.0. The van der Waals surface area contributed by atoms with E-state index in [9.17, 15) is 0 Å². The highest BCUT2D eigenvalue weighted by Gasteiger charge is 2.12. The van der Waals surface area contributed by atoms with E-state index in [1.165, 1.54) is 6.42 Å². The lowest BCUT2D eigenvalue weighted by Gasteiger charge is -2.20. The SMILES string of the molecule is CCCOCCC(N)CCC(C)(C)C. The molecule has 0 spiro atoms. The van der Waals surface area contributed by atoms with Crippen molar-refractivity contribution < 1.29 is 4.74 Å². The predicted octanol–water partition coefficient (Wildman–Crippen LogP) is 2.96. The van der Waals surface area contributed by atoms with Gasteiger partial charge in [-0.25, -0.2) is 0 Å². The molecule has 0 bridgehead atoms. The standard InChI is InChI=1S/C12H27NO/c1-5-9-14-10-7-11(13)6-8-12(2,3)4/h11H,5-10,13H2,1-4H3. The van der Waals surface area contributed by atoms with Gasteiger partial charge in [0.1, 0.15) is 0 Å². The fourth-order valence-corrected chi connectivity index (χ4v) is 1.24. The molecule has 0 amide bonds. The zero-order valence-corrected chi connectivity index (χ0v) is 10.3. The van der Waals surface area contributed by atoms with E-state index in [2.05, 4.69) is 27.7 Å². The Labute approximate surface area is 89.2 Å². The topological polar surface area (TPSA) is 35.2 Å². The first-order valence-electron chi connectivity index (χ1n) is 5.79. The van der Waals surface area contributed by atoms with Crippen LogP contribution in [0.3, 0.4) is 0 Å². The largest absolute Gasteiger partial charge is 0.381 e. The third kappa shape index (κ3) is 10.0. The molecule has 0 radical (unpaired) electrons. The smallest absolute Gasteiger partial charge is 0.0480 e. The summed E-state index contributed by atoms with van der Waals surface area (Å²) in [5, 5.41) is 0. The lowest BCUT2D eigenvalue weighted by Crippen LogP contribution is -2.24. The molecule has 0 saturated carbocycles. The van der Waals surface area contributed by atoms with Crippen molar-refractivity contribution in [3.8, 4) is 0 Å². The Hall–Kier alpha value is -0.0800. The van der Waals surface area contributed by atoms with Crippen LogP contribution in [0.25, 0.3) is 0 Å².